The summed E-state index contributed by atoms with van der Waals surface area (Å²) in [5.74, 6) is 0. The van der Waals surface area contributed by atoms with Gasteiger partial charge >= 0.3 is 0 Å². The molecule has 4 nitrogen and oxygen atoms in total. The second-order valence-corrected chi connectivity index (χ2v) is 4.37. The first-order valence-electron chi connectivity index (χ1n) is 5.27. The highest BCUT2D eigenvalue weighted by molar-refractivity contribution is 5.24. The molecule has 0 radical (unpaired) electrons. The highest BCUT2D eigenvalue weighted by Crippen LogP contribution is 2.35. The Morgan fingerprint density at radius 2 is 2.36 bits per heavy atom. The van der Waals surface area contributed by atoms with E-state index >= 15 is 0 Å². The van der Waals surface area contributed by atoms with E-state index in [1.165, 1.54) is 11.4 Å². The van der Waals surface area contributed by atoms with Crippen LogP contribution in [0.5, 0.6) is 0 Å². The summed E-state index contributed by atoms with van der Waals surface area (Å²) in [5.41, 5.74) is 8.73. The second-order valence-electron chi connectivity index (χ2n) is 4.37. The van der Waals surface area contributed by atoms with E-state index < -0.39 is 0 Å². The zero-order chi connectivity index (χ0) is 9.71. The molecule has 0 aromatic carbocycles. The minimum atomic E-state index is 0.281. The maximum atomic E-state index is 6.12. The van der Waals surface area contributed by atoms with Crippen LogP contribution in [0.3, 0.4) is 0 Å². The van der Waals surface area contributed by atoms with Crippen molar-refractivity contribution in [3.05, 3.63) is 17.7 Å². The SMILES string of the molecule is Cn1cnc2c1CCN1CCC(N)C21. The van der Waals surface area contributed by atoms with Crippen LogP contribution in [0.25, 0.3) is 0 Å². The predicted octanol–water partition coefficient (Wildman–Crippen LogP) is 0.0503. The number of nitrogens with zero attached hydrogens (tertiary/aromatic N) is 3. The smallest absolute Gasteiger partial charge is 0.0949 e. The van der Waals surface area contributed by atoms with Crippen LogP contribution in [0.2, 0.25) is 0 Å². The standard InChI is InChI=1S/C10H16N4/c1-13-6-12-9-8(13)3-5-14-4-2-7(11)10(9)14/h6-7,10H,2-5,11H2,1H3. The van der Waals surface area contributed by atoms with Gasteiger partial charge in [0.05, 0.1) is 18.1 Å². The Labute approximate surface area is 83.7 Å². The topological polar surface area (TPSA) is 47.1 Å². The van der Waals surface area contributed by atoms with Gasteiger partial charge in [0, 0.05) is 38.3 Å². The first kappa shape index (κ1) is 8.44. The van der Waals surface area contributed by atoms with E-state index in [9.17, 15) is 0 Å². The van der Waals surface area contributed by atoms with E-state index in [0.717, 1.165) is 25.9 Å². The fourth-order valence-electron chi connectivity index (χ4n) is 2.78. The minimum absolute atomic E-state index is 0.281. The third-order valence-electron chi connectivity index (χ3n) is 3.56. The molecule has 0 saturated carbocycles. The Balaban J connectivity index is 2.07. The van der Waals surface area contributed by atoms with Crippen molar-refractivity contribution in [3.8, 4) is 0 Å². The number of imidazole rings is 1. The summed E-state index contributed by atoms with van der Waals surface area (Å²) in [6.07, 6.45) is 4.15. The Hall–Kier alpha value is -0.870. The lowest BCUT2D eigenvalue weighted by atomic mass is 10.0. The highest BCUT2D eigenvalue weighted by Gasteiger charge is 2.38. The van der Waals surface area contributed by atoms with Crippen LogP contribution in [0, 0.1) is 0 Å². The van der Waals surface area contributed by atoms with Crippen LogP contribution < -0.4 is 5.73 Å². The summed E-state index contributed by atoms with van der Waals surface area (Å²) in [5, 5.41) is 0. The van der Waals surface area contributed by atoms with Gasteiger partial charge in [-0.05, 0) is 6.42 Å². The molecule has 0 amide bonds. The molecule has 2 atom stereocenters. The molecule has 2 aliphatic rings. The van der Waals surface area contributed by atoms with Crippen molar-refractivity contribution in [3.63, 3.8) is 0 Å². The molecule has 0 aliphatic carbocycles. The van der Waals surface area contributed by atoms with Gasteiger partial charge in [-0.3, -0.25) is 4.90 Å². The van der Waals surface area contributed by atoms with E-state index in [2.05, 4.69) is 21.5 Å². The molecule has 76 valence electrons. The number of fused-ring (bicyclic) bond motifs is 3. The van der Waals surface area contributed by atoms with Gasteiger partial charge in [-0.15, -0.1) is 0 Å². The Morgan fingerprint density at radius 1 is 1.50 bits per heavy atom. The molecule has 2 unspecified atom stereocenters. The summed E-state index contributed by atoms with van der Waals surface area (Å²) >= 11 is 0. The first-order valence-corrected chi connectivity index (χ1v) is 5.27. The fraction of sp³-hybridized carbons (Fsp3) is 0.700. The molecule has 3 rings (SSSR count). The van der Waals surface area contributed by atoms with E-state index in [4.69, 9.17) is 5.73 Å². The lowest BCUT2D eigenvalue weighted by molar-refractivity contribution is 0.228. The van der Waals surface area contributed by atoms with Gasteiger partial charge in [-0.25, -0.2) is 4.98 Å². The molecule has 1 aromatic heterocycles. The molecule has 4 heteroatoms. The molecule has 14 heavy (non-hydrogen) atoms. The normalized spacial score (nSPS) is 31.6. The summed E-state index contributed by atoms with van der Waals surface area (Å²) in [4.78, 5) is 6.96. The third kappa shape index (κ3) is 0.980. The molecular weight excluding hydrogens is 176 g/mol. The van der Waals surface area contributed by atoms with E-state index in [1.54, 1.807) is 0 Å². The van der Waals surface area contributed by atoms with Gasteiger partial charge in [-0.1, -0.05) is 0 Å². The van der Waals surface area contributed by atoms with Crippen molar-refractivity contribution in [1.82, 2.24) is 14.5 Å². The van der Waals surface area contributed by atoms with Crippen LogP contribution in [-0.4, -0.2) is 33.6 Å². The number of rotatable bonds is 0. The van der Waals surface area contributed by atoms with Gasteiger partial charge in [-0.2, -0.15) is 0 Å². The van der Waals surface area contributed by atoms with Gasteiger partial charge in [0.25, 0.3) is 0 Å². The van der Waals surface area contributed by atoms with Crippen LogP contribution in [0.15, 0.2) is 6.33 Å². The fourth-order valence-corrected chi connectivity index (χ4v) is 2.78. The van der Waals surface area contributed by atoms with Gasteiger partial charge in [0.1, 0.15) is 0 Å². The highest BCUT2D eigenvalue weighted by atomic mass is 15.2. The van der Waals surface area contributed by atoms with E-state index in [-0.39, 0.29) is 6.04 Å². The van der Waals surface area contributed by atoms with Crippen molar-refractivity contribution < 1.29 is 0 Å². The molecule has 0 spiro atoms. The quantitative estimate of drug-likeness (QED) is 0.632. The van der Waals surface area contributed by atoms with Crippen molar-refractivity contribution in [1.29, 1.82) is 0 Å². The van der Waals surface area contributed by atoms with Gasteiger partial charge < -0.3 is 10.3 Å². The molecule has 1 saturated heterocycles. The maximum absolute atomic E-state index is 6.12. The second kappa shape index (κ2) is 2.81. The number of hydrogen-bond acceptors (Lipinski definition) is 3. The van der Waals surface area contributed by atoms with Crippen LogP contribution in [0.4, 0.5) is 0 Å². The number of aryl methyl sites for hydroxylation is 1. The third-order valence-corrected chi connectivity index (χ3v) is 3.56. The number of aromatic nitrogens is 2. The van der Waals surface area contributed by atoms with Crippen molar-refractivity contribution in [2.75, 3.05) is 13.1 Å². The monoisotopic (exact) mass is 192 g/mol. The molecule has 0 bridgehead atoms. The molecular formula is C10H16N4. The van der Waals surface area contributed by atoms with Crippen molar-refractivity contribution in [2.24, 2.45) is 12.8 Å². The average Bonchev–Trinajstić information content (AvgIpc) is 2.72. The summed E-state index contributed by atoms with van der Waals surface area (Å²) in [7, 11) is 2.07. The maximum Gasteiger partial charge on any atom is 0.0949 e. The molecule has 1 aromatic rings. The summed E-state index contributed by atoms with van der Waals surface area (Å²) < 4.78 is 2.14. The molecule has 2 N–H and O–H groups in total. The molecule has 1 fully saturated rings. The number of nitrogens with two attached hydrogens (primary N) is 1. The van der Waals surface area contributed by atoms with Gasteiger partial charge in [0.15, 0.2) is 0 Å². The van der Waals surface area contributed by atoms with Crippen molar-refractivity contribution >= 4 is 0 Å². The Bertz CT molecular complexity index is 357. The van der Waals surface area contributed by atoms with Crippen LogP contribution in [-0.2, 0) is 13.5 Å². The zero-order valence-electron chi connectivity index (χ0n) is 8.48. The minimum Gasteiger partial charge on any atom is -0.337 e. The van der Waals surface area contributed by atoms with E-state index in [0.29, 0.717) is 6.04 Å². The average molecular weight is 192 g/mol. The van der Waals surface area contributed by atoms with Crippen LogP contribution >= 0.6 is 0 Å². The summed E-state index contributed by atoms with van der Waals surface area (Å²) in [6, 6.07) is 0.670. The van der Waals surface area contributed by atoms with Gasteiger partial charge in [0.2, 0.25) is 0 Å². The van der Waals surface area contributed by atoms with Crippen LogP contribution in [0.1, 0.15) is 23.9 Å². The lowest BCUT2D eigenvalue weighted by Crippen LogP contribution is -2.37. The largest absolute Gasteiger partial charge is 0.337 e. The Kier molecular flexibility index (Phi) is 1.69. The zero-order valence-corrected chi connectivity index (χ0v) is 8.48. The number of hydrogen-bond donors (Lipinski definition) is 1. The predicted molar refractivity (Wildman–Crippen MR) is 53.8 cm³/mol. The van der Waals surface area contributed by atoms with E-state index in [1.807, 2.05) is 6.33 Å². The Morgan fingerprint density at radius 3 is 3.21 bits per heavy atom. The first-order chi connectivity index (χ1) is 6.77. The lowest BCUT2D eigenvalue weighted by Gasteiger charge is -2.30. The molecule has 3 heterocycles. The summed E-state index contributed by atoms with van der Waals surface area (Å²) in [6.45, 7) is 2.28. The molecule has 2 aliphatic heterocycles. The van der Waals surface area contributed by atoms with Crippen molar-refractivity contribution in [2.45, 2.75) is 24.9 Å².